The minimum absolute atomic E-state index is 0.414. The molecule has 0 atom stereocenters. The molecule has 0 aliphatic carbocycles. The zero-order valence-corrected chi connectivity index (χ0v) is 11.6. The lowest BCUT2D eigenvalue weighted by Crippen LogP contribution is -2.33. The molecule has 0 unspecified atom stereocenters. The molecule has 1 amide bonds. The van der Waals surface area contributed by atoms with Gasteiger partial charge in [-0.15, -0.1) is 0 Å². The van der Waals surface area contributed by atoms with Gasteiger partial charge in [-0.3, -0.25) is 9.59 Å². The van der Waals surface area contributed by atoms with Crippen LogP contribution in [0.5, 0.6) is 0 Å². The highest BCUT2D eigenvalue weighted by atomic mass is 16.5. The normalized spacial score (nSPS) is 14.4. The number of fused-ring (bicyclic) bond motifs is 1. The van der Waals surface area contributed by atoms with Crippen LogP contribution in [0.3, 0.4) is 0 Å². The summed E-state index contributed by atoms with van der Waals surface area (Å²) in [6.07, 6.45) is 0. The van der Waals surface area contributed by atoms with Gasteiger partial charge in [0.25, 0.3) is 11.7 Å². The minimum Gasteiger partial charge on any atom is -0.379 e. The van der Waals surface area contributed by atoms with Crippen molar-refractivity contribution in [2.75, 3.05) is 24.7 Å². The first-order chi connectivity index (χ1) is 9.02. The van der Waals surface area contributed by atoms with E-state index in [2.05, 4.69) is 13.8 Å². The Balaban J connectivity index is 2.10. The number of benzene rings is 1. The van der Waals surface area contributed by atoms with Gasteiger partial charge >= 0.3 is 0 Å². The van der Waals surface area contributed by atoms with Crippen LogP contribution in [-0.2, 0) is 9.53 Å². The second-order valence-electron chi connectivity index (χ2n) is 5.23. The average Bonchev–Trinajstić information content (AvgIpc) is 2.60. The maximum Gasteiger partial charge on any atom is 0.299 e. The maximum atomic E-state index is 12.0. The fourth-order valence-corrected chi connectivity index (χ4v) is 2.23. The van der Waals surface area contributed by atoms with Crippen molar-refractivity contribution < 1.29 is 14.3 Å². The quantitative estimate of drug-likeness (QED) is 0.603. The molecule has 0 fully saturated rings. The van der Waals surface area contributed by atoms with Crippen molar-refractivity contribution in [3.05, 3.63) is 29.3 Å². The highest BCUT2D eigenvalue weighted by molar-refractivity contribution is 6.52. The Bertz CT molecular complexity index is 508. The van der Waals surface area contributed by atoms with E-state index in [1.165, 1.54) is 4.90 Å². The van der Waals surface area contributed by atoms with Crippen LogP contribution < -0.4 is 4.90 Å². The summed E-state index contributed by atoms with van der Waals surface area (Å²) in [6.45, 7) is 7.59. The monoisotopic (exact) mass is 261 g/mol. The van der Waals surface area contributed by atoms with Gasteiger partial charge in [0, 0.05) is 13.2 Å². The number of nitrogens with zero attached hydrogens (tertiary/aromatic N) is 1. The Hall–Kier alpha value is -1.68. The number of rotatable bonds is 5. The molecule has 0 bridgehead atoms. The number of carbonyl (C=O) groups excluding carboxylic acids is 2. The fraction of sp³-hybridized carbons (Fsp3) is 0.467. The fourth-order valence-electron chi connectivity index (χ4n) is 2.23. The number of carbonyl (C=O) groups is 2. The topological polar surface area (TPSA) is 46.6 Å². The Morgan fingerprint density at radius 2 is 2.00 bits per heavy atom. The lowest BCUT2D eigenvalue weighted by molar-refractivity contribution is -0.114. The molecule has 102 valence electrons. The van der Waals surface area contributed by atoms with Crippen LogP contribution in [0.15, 0.2) is 18.2 Å². The zero-order chi connectivity index (χ0) is 14.0. The van der Waals surface area contributed by atoms with Crippen LogP contribution in [0.1, 0.15) is 29.8 Å². The summed E-state index contributed by atoms with van der Waals surface area (Å²) in [5, 5.41) is 0. The summed E-state index contributed by atoms with van der Waals surface area (Å²) in [5.74, 6) is -0.398. The predicted octanol–water partition coefficient (Wildman–Crippen LogP) is 2.20. The molecule has 0 saturated carbocycles. The lowest BCUT2D eigenvalue weighted by Gasteiger charge is -2.18. The summed E-state index contributed by atoms with van der Waals surface area (Å²) in [4.78, 5) is 25.4. The average molecular weight is 261 g/mol. The molecule has 1 aromatic carbocycles. The molecule has 19 heavy (non-hydrogen) atoms. The molecule has 4 heteroatoms. The van der Waals surface area contributed by atoms with Gasteiger partial charge in [-0.25, -0.2) is 0 Å². The Morgan fingerprint density at radius 3 is 2.68 bits per heavy atom. The number of hydrogen-bond donors (Lipinski definition) is 0. The van der Waals surface area contributed by atoms with Crippen molar-refractivity contribution in [3.63, 3.8) is 0 Å². The number of Topliss-reactive ketones (excluding diaryl/α,β-unsaturated/α-hetero) is 1. The molecule has 4 nitrogen and oxygen atoms in total. The molecule has 2 rings (SSSR count). The Kier molecular flexibility index (Phi) is 4.00. The molecular formula is C15H19NO3. The van der Waals surface area contributed by atoms with Crippen LogP contribution >= 0.6 is 0 Å². The number of amides is 1. The lowest BCUT2D eigenvalue weighted by atomic mass is 10.1. The largest absolute Gasteiger partial charge is 0.379 e. The van der Waals surface area contributed by atoms with E-state index < -0.39 is 11.7 Å². The van der Waals surface area contributed by atoms with E-state index in [4.69, 9.17) is 4.74 Å². The zero-order valence-electron chi connectivity index (χ0n) is 11.6. The van der Waals surface area contributed by atoms with Crippen molar-refractivity contribution in [1.82, 2.24) is 0 Å². The molecule has 1 aliphatic heterocycles. The van der Waals surface area contributed by atoms with E-state index in [-0.39, 0.29) is 0 Å². The van der Waals surface area contributed by atoms with E-state index in [0.29, 0.717) is 31.2 Å². The second kappa shape index (κ2) is 5.53. The van der Waals surface area contributed by atoms with Gasteiger partial charge in [0.05, 0.1) is 17.9 Å². The van der Waals surface area contributed by atoms with Crippen LogP contribution in [0.25, 0.3) is 0 Å². The summed E-state index contributed by atoms with van der Waals surface area (Å²) in [7, 11) is 0. The SMILES string of the molecule is Cc1cccc2c1N(CCOCC(C)C)C(=O)C2=O. The third-order valence-electron chi connectivity index (χ3n) is 3.10. The van der Waals surface area contributed by atoms with Gasteiger partial charge in [-0.2, -0.15) is 0 Å². The summed E-state index contributed by atoms with van der Waals surface area (Å²) >= 11 is 0. The van der Waals surface area contributed by atoms with E-state index in [1.807, 2.05) is 13.0 Å². The Labute approximate surface area is 113 Å². The molecule has 0 saturated heterocycles. The molecule has 0 aromatic heterocycles. The van der Waals surface area contributed by atoms with Gasteiger partial charge in [0.2, 0.25) is 0 Å². The highest BCUT2D eigenvalue weighted by Gasteiger charge is 2.36. The van der Waals surface area contributed by atoms with Crippen molar-refractivity contribution in [2.24, 2.45) is 5.92 Å². The maximum absolute atomic E-state index is 12.0. The molecule has 1 aromatic rings. The van der Waals surface area contributed by atoms with Crippen LogP contribution in [0, 0.1) is 12.8 Å². The number of para-hydroxylation sites is 1. The first kappa shape index (κ1) is 13.7. The summed E-state index contributed by atoms with van der Waals surface area (Å²) in [5.41, 5.74) is 2.19. The van der Waals surface area contributed by atoms with Crippen molar-refractivity contribution >= 4 is 17.4 Å². The second-order valence-corrected chi connectivity index (χ2v) is 5.23. The van der Waals surface area contributed by atoms with E-state index >= 15 is 0 Å². The third-order valence-corrected chi connectivity index (χ3v) is 3.10. The van der Waals surface area contributed by atoms with Crippen molar-refractivity contribution in [2.45, 2.75) is 20.8 Å². The van der Waals surface area contributed by atoms with E-state index in [0.717, 1.165) is 11.3 Å². The van der Waals surface area contributed by atoms with Gasteiger partial charge in [-0.05, 0) is 24.5 Å². The van der Waals surface area contributed by atoms with Crippen molar-refractivity contribution in [1.29, 1.82) is 0 Å². The molecule has 1 heterocycles. The highest BCUT2D eigenvalue weighted by Crippen LogP contribution is 2.31. The van der Waals surface area contributed by atoms with Crippen LogP contribution in [-0.4, -0.2) is 31.4 Å². The third kappa shape index (κ3) is 2.68. The number of ether oxygens (including phenoxy) is 1. The van der Waals surface area contributed by atoms with Crippen LogP contribution in [0.2, 0.25) is 0 Å². The van der Waals surface area contributed by atoms with E-state index in [1.54, 1.807) is 12.1 Å². The number of aryl methyl sites for hydroxylation is 1. The van der Waals surface area contributed by atoms with Gasteiger partial charge < -0.3 is 9.64 Å². The molecule has 0 spiro atoms. The predicted molar refractivity (Wildman–Crippen MR) is 73.5 cm³/mol. The summed E-state index contributed by atoms with van der Waals surface area (Å²) < 4.78 is 5.49. The molecular weight excluding hydrogens is 242 g/mol. The van der Waals surface area contributed by atoms with Gasteiger partial charge in [0.15, 0.2) is 0 Å². The van der Waals surface area contributed by atoms with Gasteiger partial charge in [0.1, 0.15) is 0 Å². The molecule has 0 N–H and O–H groups in total. The number of ketones is 1. The molecule has 1 aliphatic rings. The Morgan fingerprint density at radius 1 is 1.26 bits per heavy atom. The van der Waals surface area contributed by atoms with E-state index in [9.17, 15) is 9.59 Å². The van der Waals surface area contributed by atoms with Crippen LogP contribution in [0.4, 0.5) is 5.69 Å². The summed E-state index contributed by atoms with van der Waals surface area (Å²) in [6, 6.07) is 5.42. The molecule has 0 radical (unpaired) electrons. The smallest absolute Gasteiger partial charge is 0.299 e. The minimum atomic E-state index is -0.447. The van der Waals surface area contributed by atoms with Gasteiger partial charge in [-0.1, -0.05) is 26.0 Å². The van der Waals surface area contributed by atoms with Crippen molar-refractivity contribution in [3.8, 4) is 0 Å². The first-order valence-corrected chi connectivity index (χ1v) is 6.56. The number of hydrogen-bond acceptors (Lipinski definition) is 3. The standard InChI is InChI=1S/C15H19NO3/c1-10(2)9-19-8-7-16-13-11(3)5-4-6-12(13)14(17)15(16)18/h4-6,10H,7-9H2,1-3H3. The number of anilines is 1. The first-order valence-electron chi connectivity index (χ1n) is 6.56.